The number of nitrogens with zero attached hydrogens (tertiary/aromatic N) is 2. The van der Waals surface area contributed by atoms with Gasteiger partial charge in [-0.25, -0.2) is 4.98 Å². The van der Waals surface area contributed by atoms with Crippen molar-refractivity contribution in [2.45, 2.75) is 52.6 Å². The second-order valence-corrected chi connectivity index (χ2v) is 6.01. The van der Waals surface area contributed by atoms with E-state index >= 15 is 0 Å². The summed E-state index contributed by atoms with van der Waals surface area (Å²) in [6.45, 7) is 11.0. The molecule has 1 unspecified atom stereocenters. The molecule has 1 aliphatic rings. The molecular weight excluding hydrogens is 234 g/mol. The summed E-state index contributed by atoms with van der Waals surface area (Å²) in [7, 11) is 0. The van der Waals surface area contributed by atoms with Crippen LogP contribution in [-0.4, -0.2) is 24.1 Å². The molecule has 1 saturated carbocycles. The van der Waals surface area contributed by atoms with Gasteiger partial charge in [-0.1, -0.05) is 26.8 Å². The molecule has 0 saturated heterocycles. The van der Waals surface area contributed by atoms with Crippen LogP contribution >= 0.6 is 0 Å². The third-order valence-electron chi connectivity index (χ3n) is 3.62. The van der Waals surface area contributed by atoms with Crippen molar-refractivity contribution in [3.8, 4) is 0 Å². The van der Waals surface area contributed by atoms with Gasteiger partial charge >= 0.3 is 0 Å². The summed E-state index contributed by atoms with van der Waals surface area (Å²) in [5.74, 6) is 1.83. The maximum absolute atomic E-state index is 4.68. The normalized spacial score (nSPS) is 16.7. The van der Waals surface area contributed by atoms with E-state index in [9.17, 15) is 0 Å². The molecule has 19 heavy (non-hydrogen) atoms. The highest BCUT2D eigenvalue weighted by molar-refractivity contribution is 5.42. The second kappa shape index (κ2) is 6.38. The maximum atomic E-state index is 4.68. The zero-order valence-corrected chi connectivity index (χ0v) is 12.7. The van der Waals surface area contributed by atoms with E-state index in [1.165, 1.54) is 18.4 Å². The predicted molar refractivity (Wildman–Crippen MR) is 81.5 cm³/mol. The third kappa shape index (κ3) is 3.93. The summed E-state index contributed by atoms with van der Waals surface area (Å²) in [6.07, 6.45) is 4.67. The van der Waals surface area contributed by atoms with E-state index < -0.39 is 0 Å². The first-order chi connectivity index (χ1) is 9.11. The zero-order chi connectivity index (χ0) is 13.8. The first-order valence-corrected chi connectivity index (χ1v) is 7.57. The number of aromatic nitrogens is 1. The molecule has 1 aliphatic carbocycles. The van der Waals surface area contributed by atoms with E-state index in [1.807, 2.05) is 6.20 Å². The van der Waals surface area contributed by atoms with Crippen molar-refractivity contribution in [1.82, 2.24) is 10.3 Å². The SMILES string of the molecule is CCNC(C)c1ccc(N(CC(C)C)C2CC2)nc1. The molecule has 1 N–H and O–H groups in total. The van der Waals surface area contributed by atoms with Crippen LogP contribution in [0.1, 0.15) is 52.1 Å². The van der Waals surface area contributed by atoms with Gasteiger partial charge in [-0.15, -0.1) is 0 Å². The highest BCUT2D eigenvalue weighted by atomic mass is 15.2. The van der Waals surface area contributed by atoms with Crippen LogP contribution in [0, 0.1) is 5.92 Å². The Bertz CT molecular complexity index is 381. The third-order valence-corrected chi connectivity index (χ3v) is 3.62. The lowest BCUT2D eigenvalue weighted by Gasteiger charge is -2.26. The van der Waals surface area contributed by atoms with Crippen LogP contribution < -0.4 is 10.2 Å². The number of anilines is 1. The second-order valence-electron chi connectivity index (χ2n) is 6.01. The Morgan fingerprint density at radius 2 is 2.05 bits per heavy atom. The summed E-state index contributed by atoms with van der Waals surface area (Å²) in [5, 5.41) is 3.42. The fourth-order valence-electron chi connectivity index (χ4n) is 2.46. The van der Waals surface area contributed by atoms with Crippen molar-refractivity contribution >= 4 is 5.82 Å². The van der Waals surface area contributed by atoms with Crippen molar-refractivity contribution in [3.63, 3.8) is 0 Å². The minimum absolute atomic E-state index is 0.381. The Balaban J connectivity index is 2.07. The fourth-order valence-corrected chi connectivity index (χ4v) is 2.46. The van der Waals surface area contributed by atoms with E-state index in [0.717, 1.165) is 24.9 Å². The quantitative estimate of drug-likeness (QED) is 0.815. The van der Waals surface area contributed by atoms with Crippen LogP contribution in [0.15, 0.2) is 18.3 Å². The van der Waals surface area contributed by atoms with Gasteiger partial charge in [0.2, 0.25) is 0 Å². The standard InChI is InChI=1S/C16H27N3/c1-5-17-13(4)14-6-9-16(18-10-14)19(11-12(2)3)15-7-8-15/h6,9-10,12-13,15,17H,5,7-8,11H2,1-4H3. The molecule has 3 heteroatoms. The van der Waals surface area contributed by atoms with E-state index in [4.69, 9.17) is 0 Å². The number of rotatable bonds is 7. The minimum Gasteiger partial charge on any atom is -0.353 e. The lowest BCUT2D eigenvalue weighted by molar-refractivity contribution is 0.591. The molecule has 1 heterocycles. The predicted octanol–water partition coefficient (Wildman–Crippen LogP) is 3.38. The van der Waals surface area contributed by atoms with Crippen LogP contribution in [-0.2, 0) is 0 Å². The van der Waals surface area contributed by atoms with Gasteiger partial charge in [-0.3, -0.25) is 0 Å². The van der Waals surface area contributed by atoms with Crippen LogP contribution in [0.4, 0.5) is 5.82 Å². The number of hydrogen-bond acceptors (Lipinski definition) is 3. The van der Waals surface area contributed by atoms with Gasteiger partial charge in [0, 0.05) is 24.8 Å². The Hall–Kier alpha value is -1.09. The Morgan fingerprint density at radius 3 is 2.53 bits per heavy atom. The summed E-state index contributed by atoms with van der Waals surface area (Å²) in [4.78, 5) is 7.16. The van der Waals surface area contributed by atoms with Gasteiger partial charge in [0.1, 0.15) is 5.82 Å². The number of nitrogens with one attached hydrogen (secondary N) is 1. The van der Waals surface area contributed by atoms with Crippen molar-refractivity contribution in [1.29, 1.82) is 0 Å². The lowest BCUT2D eigenvalue weighted by Crippen LogP contribution is -2.30. The highest BCUT2D eigenvalue weighted by Gasteiger charge is 2.30. The van der Waals surface area contributed by atoms with E-state index in [-0.39, 0.29) is 0 Å². The van der Waals surface area contributed by atoms with Crippen molar-refractivity contribution in [3.05, 3.63) is 23.9 Å². The summed E-state index contributed by atoms with van der Waals surface area (Å²) in [5.41, 5.74) is 1.27. The molecule has 0 aliphatic heterocycles. The maximum Gasteiger partial charge on any atom is 0.128 e. The number of hydrogen-bond donors (Lipinski definition) is 1. The molecule has 0 aromatic carbocycles. The average molecular weight is 261 g/mol. The molecule has 0 radical (unpaired) electrons. The molecule has 1 aromatic rings. The average Bonchev–Trinajstić information content (AvgIpc) is 3.20. The minimum atomic E-state index is 0.381. The van der Waals surface area contributed by atoms with Crippen molar-refractivity contribution in [2.24, 2.45) is 5.92 Å². The summed E-state index contributed by atoms with van der Waals surface area (Å²) in [6, 6.07) is 5.51. The van der Waals surface area contributed by atoms with Crippen molar-refractivity contribution in [2.75, 3.05) is 18.0 Å². The molecule has 2 rings (SSSR count). The molecule has 1 aromatic heterocycles. The van der Waals surface area contributed by atoms with Gasteiger partial charge in [0.15, 0.2) is 0 Å². The Morgan fingerprint density at radius 1 is 1.32 bits per heavy atom. The van der Waals surface area contributed by atoms with Crippen molar-refractivity contribution < 1.29 is 0 Å². The first kappa shape index (κ1) is 14.3. The first-order valence-electron chi connectivity index (χ1n) is 7.57. The van der Waals surface area contributed by atoms with Crippen LogP contribution in [0.2, 0.25) is 0 Å². The molecule has 106 valence electrons. The molecule has 3 nitrogen and oxygen atoms in total. The number of pyridine rings is 1. The van der Waals surface area contributed by atoms with E-state index in [2.05, 4.69) is 55.0 Å². The monoisotopic (exact) mass is 261 g/mol. The lowest BCUT2D eigenvalue weighted by atomic mass is 10.1. The smallest absolute Gasteiger partial charge is 0.128 e. The Labute approximate surface area is 117 Å². The van der Waals surface area contributed by atoms with E-state index in [1.54, 1.807) is 0 Å². The molecule has 0 amide bonds. The topological polar surface area (TPSA) is 28.2 Å². The van der Waals surface area contributed by atoms with E-state index in [0.29, 0.717) is 12.0 Å². The van der Waals surface area contributed by atoms with Crippen LogP contribution in [0.5, 0.6) is 0 Å². The largest absolute Gasteiger partial charge is 0.353 e. The zero-order valence-electron chi connectivity index (χ0n) is 12.7. The fraction of sp³-hybridized carbons (Fsp3) is 0.688. The Kier molecular flexibility index (Phi) is 4.81. The summed E-state index contributed by atoms with van der Waals surface area (Å²) >= 11 is 0. The molecule has 0 spiro atoms. The molecular formula is C16H27N3. The van der Waals surface area contributed by atoms with Gasteiger partial charge < -0.3 is 10.2 Å². The van der Waals surface area contributed by atoms with Gasteiger partial charge in [0.05, 0.1) is 0 Å². The molecule has 0 bridgehead atoms. The van der Waals surface area contributed by atoms with Crippen LogP contribution in [0.25, 0.3) is 0 Å². The van der Waals surface area contributed by atoms with Crippen LogP contribution in [0.3, 0.4) is 0 Å². The van der Waals surface area contributed by atoms with Gasteiger partial charge in [-0.05, 0) is 43.9 Å². The molecule has 1 atom stereocenters. The van der Waals surface area contributed by atoms with Gasteiger partial charge in [-0.2, -0.15) is 0 Å². The highest BCUT2D eigenvalue weighted by Crippen LogP contribution is 2.31. The summed E-state index contributed by atoms with van der Waals surface area (Å²) < 4.78 is 0. The van der Waals surface area contributed by atoms with Gasteiger partial charge in [0.25, 0.3) is 0 Å². The molecule has 1 fully saturated rings.